The fourth-order valence-corrected chi connectivity index (χ4v) is 4.31. The van der Waals surface area contributed by atoms with Crippen LogP contribution in [0.2, 0.25) is 0 Å². The molecule has 0 bridgehead atoms. The number of aliphatic hydroxyl groups is 1. The monoisotopic (exact) mass is 381 g/mol. The van der Waals surface area contributed by atoms with E-state index >= 15 is 0 Å². The number of nitrogens with zero attached hydrogens (tertiary/aromatic N) is 1. The number of hydrogen-bond acceptors (Lipinski definition) is 4. The Morgan fingerprint density at radius 2 is 2.04 bits per heavy atom. The number of rotatable bonds is 5. The zero-order valence-electron chi connectivity index (χ0n) is 15.2. The maximum atomic E-state index is 10.5. The van der Waals surface area contributed by atoms with Crippen molar-refractivity contribution in [2.75, 3.05) is 20.1 Å². The third kappa shape index (κ3) is 4.07. The molecule has 2 heterocycles. The van der Waals surface area contributed by atoms with Gasteiger partial charge in [0.1, 0.15) is 18.0 Å². The van der Waals surface area contributed by atoms with Crippen LogP contribution < -0.4 is 15.4 Å². The smallest absolute Gasteiger partial charge is 0.191 e. The lowest BCUT2D eigenvalue weighted by Crippen LogP contribution is -2.43. The average molecular weight is 382 g/mol. The molecule has 1 aliphatic rings. The van der Waals surface area contributed by atoms with Crippen molar-refractivity contribution in [1.82, 2.24) is 10.6 Å². The van der Waals surface area contributed by atoms with Gasteiger partial charge >= 0.3 is 0 Å². The van der Waals surface area contributed by atoms with Crippen LogP contribution in [0.15, 0.2) is 59.6 Å². The molecule has 4 rings (SSSR count). The zero-order chi connectivity index (χ0) is 18.6. The molecule has 1 aliphatic heterocycles. The van der Waals surface area contributed by atoms with Gasteiger partial charge in [-0.1, -0.05) is 36.4 Å². The molecule has 140 valence electrons. The highest BCUT2D eigenvalue weighted by Gasteiger charge is 2.22. The van der Waals surface area contributed by atoms with Gasteiger partial charge in [-0.2, -0.15) is 0 Å². The first-order valence-electron chi connectivity index (χ1n) is 9.08. The van der Waals surface area contributed by atoms with Crippen LogP contribution in [0.25, 0.3) is 10.1 Å². The van der Waals surface area contributed by atoms with Crippen LogP contribution in [-0.2, 0) is 6.42 Å². The number of para-hydroxylation sites is 1. The summed E-state index contributed by atoms with van der Waals surface area (Å²) in [5.41, 5.74) is 1.24. The molecular formula is C21H23N3O2S. The van der Waals surface area contributed by atoms with Crippen molar-refractivity contribution in [2.45, 2.75) is 18.6 Å². The number of thiophene rings is 1. The second kappa shape index (κ2) is 7.98. The topological polar surface area (TPSA) is 65.9 Å². The molecule has 0 aliphatic carbocycles. The van der Waals surface area contributed by atoms with Crippen LogP contribution in [0.1, 0.15) is 16.5 Å². The van der Waals surface area contributed by atoms with Gasteiger partial charge < -0.3 is 20.5 Å². The average Bonchev–Trinajstić information content (AvgIpc) is 3.31. The summed E-state index contributed by atoms with van der Waals surface area (Å²) in [6.07, 6.45) is 0.409. The molecule has 0 saturated carbocycles. The second-order valence-electron chi connectivity index (χ2n) is 6.59. The van der Waals surface area contributed by atoms with Crippen molar-refractivity contribution >= 4 is 27.4 Å². The summed E-state index contributed by atoms with van der Waals surface area (Å²) < 4.78 is 7.12. The lowest BCUT2D eigenvalue weighted by atomic mass is 10.1. The quantitative estimate of drug-likeness (QED) is 0.469. The van der Waals surface area contributed by atoms with Crippen LogP contribution in [0.3, 0.4) is 0 Å². The summed E-state index contributed by atoms with van der Waals surface area (Å²) in [7, 11) is 1.73. The summed E-state index contributed by atoms with van der Waals surface area (Å²) in [6.45, 7) is 1.06. The largest absolute Gasteiger partial charge is 0.488 e. The molecule has 27 heavy (non-hydrogen) atoms. The van der Waals surface area contributed by atoms with Gasteiger partial charge in [0.25, 0.3) is 0 Å². The SMILES string of the molecule is CN=C(NCC1Cc2ccccc2O1)NCC(O)c1cc2ccccc2s1. The van der Waals surface area contributed by atoms with E-state index in [0.29, 0.717) is 19.0 Å². The maximum Gasteiger partial charge on any atom is 0.191 e. The highest BCUT2D eigenvalue weighted by Crippen LogP contribution is 2.29. The first-order valence-corrected chi connectivity index (χ1v) is 9.90. The van der Waals surface area contributed by atoms with Crippen LogP contribution in [0.5, 0.6) is 5.75 Å². The van der Waals surface area contributed by atoms with E-state index in [-0.39, 0.29) is 6.10 Å². The Hall–Kier alpha value is -2.57. The minimum Gasteiger partial charge on any atom is -0.488 e. The van der Waals surface area contributed by atoms with Crippen molar-refractivity contribution in [2.24, 2.45) is 4.99 Å². The molecule has 6 heteroatoms. The number of nitrogens with one attached hydrogen (secondary N) is 2. The van der Waals surface area contributed by atoms with Crippen LogP contribution in [-0.4, -0.2) is 37.3 Å². The normalized spacial score (nSPS) is 17.4. The minimum absolute atomic E-state index is 0.0912. The van der Waals surface area contributed by atoms with Gasteiger partial charge in [0.15, 0.2) is 5.96 Å². The molecule has 2 aromatic carbocycles. The minimum atomic E-state index is -0.576. The lowest BCUT2D eigenvalue weighted by molar-refractivity contribution is 0.184. The van der Waals surface area contributed by atoms with Crippen molar-refractivity contribution in [3.63, 3.8) is 0 Å². The van der Waals surface area contributed by atoms with Crippen LogP contribution in [0.4, 0.5) is 0 Å². The number of ether oxygens (including phenoxy) is 1. The molecular weight excluding hydrogens is 358 g/mol. The van der Waals surface area contributed by atoms with Gasteiger partial charge in [0, 0.05) is 29.6 Å². The highest BCUT2D eigenvalue weighted by molar-refractivity contribution is 7.19. The summed E-state index contributed by atoms with van der Waals surface area (Å²) in [6, 6.07) is 18.3. The molecule has 3 N–H and O–H groups in total. The predicted octanol–water partition coefficient (Wildman–Crippen LogP) is 3.10. The number of guanidine groups is 1. The molecule has 0 radical (unpaired) electrons. The molecule has 0 spiro atoms. The number of aliphatic hydroxyl groups excluding tert-OH is 1. The van der Waals surface area contributed by atoms with E-state index in [1.165, 1.54) is 10.3 Å². The fraction of sp³-hybridized carbons (Fsp3) is 0.286. The Morgan fingerprint density at radius 3 is 2.85 bits per heavy atom. The lowest BCUT2D eigenvalue weighted by Gasteiger charge is -2.17. The second-order valence-corrected chi connectivity index (χ2v) is 7.70. The summed E-state index contributed by atoms with van der Waals surface area (Å²) in [4.78, 5) is 5.19. The molecule has 0 amide bonds. The first-order chi connectivity index (χ1) is 13.2. The fourth-order valence-electron chi connectivity index (χ4n) is 3.26. The van der Waals surface area contributed by atoms with E-state index in [2.05, 4.69) is 33.8 Å². The van der Waals surface area contributed by atoms with Gasteiger partial charge in [-0.05, 0) is 29.1 Å². The van der Waals surface area contributed by atoms with Gasteiger partial charge in [0.2, 0.25) is 0 Å². The number of fused-ring (bicyclic) bond motifs is 2. The molecule has 2 unspecified atom stereocenters. The molecule has 0 fully saturated rings. The van der Waals surface area contributed by atoms with Crippen LogP contribution in [0, 0.1) is 0 Å². The van der Waals surface area contributed by atoms with Gasteiger partial charge in [-0.3, -0.25) is 4.99 Å². The van der Waals surface area contributed by atoms with E-state index in [1.807, 2.05) is 36.4 Å². The number of aliphatic imine (C=N–C) groups is 1. The van der Waals surface area contributed by atoms with E-state index < -0.39 is 6.10 Å². The summed E-state index contributed by atoms with van der Waals surface area (Å²) in [5, 5.41) is 18.2. The molecule has 0 saturated heterocycles. The van der Waals surface area contributed by atoms with E-state index in [9.17, 15) is 5.11 Å². The molecule has 1 aromatic heterocycles. The summed E-state index contributed by atoms with van der Waals surface area (Å²) >= 11 is 1.62. The first kappa shape index (κ1) is 17.8. The van der Waals surface area contributed by atoms with Crippen molar-refractivity contribution < 1.29 is 9.84 Å². The van der Waals surface area contributed by atoms with Crippen LogP contribution >= 0.6 is 11.3 Å². The maximum absolute atomic E-state index is 10.5. The van der Waals surface area contributed by atoms with E-state index in [1.54, 1.807) is 18.4 Å². The number of hydrogen-bond donors (Lipinski definition) is 3. The Bertz CT molecular complexity index is 895. The van der Waals surface area contributed by atoms with Gasteiger partial charge in [0.05, 0.1) is 6.54 Å². The van der Waals surface area contributed by atoms with Gasteiger partial charge in [-0.15, -0.1) is 11.3 Å². The zero-order valence-corrected chi connectivity index (χ0v) is 16.0. The van der Waals surface area contributed by atoms with Crippen molar-refractivity contribution in [3.05, 3.63) is 65.0 Å². The molecule has 5 nitrogen and oxygen atoms in total. The third-order valence-corrected chi connectivity index (χ3v) is 5.89. The predicted molar refractivity (Wildman–Crippen MR) is 111 cm³/mol. The van der Waals surface area contributed by atoms with Crippen molar-refractivity contribution in [3.8, 4) is 5.75 Å². The highest BCUT2D eigenvalue weighted by atomic mass is 32.1. The number of benzene rings is 2. The Morgan fingerprint density at radius 1 is 1.22 bits per heavy atom. The molecule has 3 aromatic rings. The van der Waals surface area contributed by atoms with Crippen molar-refractivity contribution in [1.29, 1.82) is 0 Å². The van der Waals surface area contributed by atoms with E-state index in [0.717, 1.165) is 22.4 Å². The third-order valence-electron chi connectivity index (χ3n) is 4.67. The Kier molecular flexibility index (Phi) is 5.27. The Balaban J connectivity index is 1.28. The summed E-state index contributed by atoms with van der Waals surface area (Å²) in [5.74, 6) is 1.63. The standard InChI is InChI=1S/C21H23N3O2S/c1-22-21(23-12-16-10-14-6-2-4-8-18(14)26-16)24-13-17(25)20-11-15-7-3-5-9-19(15)27-20/h2-9,11,16-17,25H,10,12-13H2,1H3,(H2,22,23,24). The molecule has 2 atom stereocenters. The van der Waals surface area contributed by atoms with E-state index in [4.69, 9.17) is 4.74 Å². The Labute approximate surface area is 162 Å². The van der Waals surface area contributed by atoms with Gasteiger partial charge in [-0.25, -0.2) is 0 Å².